The van der Waals surface area contributed by atoms with E-state index in [-0.39, 0.29) is 5.54 Å². The predicted octanol–water partition coefficient (Wildman–Crippen LogP) is 1.86. The molecule has 3 nitrogen and oxygen atoms in total. The van der Waals surface area contributed by atoms with E-state index in [4.69, 9.17) is 10.5 Å². The summed E-state index contributed by atoms with van der Waals surface area (Å²) < 4.78 is 5.50. The van der Waals surface area contributed by atoms with Crippen LogP contribution in [0.1, 0.15) is 39.5 Å². The number of nitrogens with zero attached hydrogens (tertiary/aromatic N) is 1. The van der Waals surface area contributed by atoms with E-state index in [2.05, 4.69) is 18.7 Å². The summed E-state index contributed by atoms with van der Waals surface area (Å²) in [6.07, 6.45) is 5.55. The zero-order valence-corrected chi connectivity index (χ0v) is 11.6. The van der Waals surface area contributed by atoms with Crippen molar-refractivity contribution in [3.8, 4) is 0 Å². The fourth-order valence-electron chi connectivity index (χ4n) is 3.93. The Labute approximate surface area is 106 Å². The Bertz CT molecular complexity index is 259. The van der Waals surface area contributed by atoms with Crippen LogP contribution in [0.15, 0.2) is 0 Å². The fourth-order valence-corrected chi connectivity index (χ4v) is 3.93. The largest absolute Gasteiger partial charge is 0.380 e. The summed E-state index contributed by atoms with van der Waals surface area (Å²) >= 11 is 0. The van der Waals surface area contributed by atoms with E-state index < -0.39 is 0 Å². The van der Waals surface area contributed by atoms with E-state index in [1.807, 2.05) is 7.11 Å². The molecule has 1 aliphatic carbocycles. The highest BCUT2D eigenvalue weighted by atomic mass is 16.5. The van der Waals surface area contributed by atoms with Gasteiger partial charge in [0.1, 0.15) is 0 Å². The van der Waals surface area contributed by atoms with Gasteiger partial charge in [0.2, 0.25) is 0 Å². The Morgan fingerprint density at radius 1 is 1.35 bits per heavy atom. The first-order chi connectivity index (χ1) is 8.14. The Balaban J connectivity index is 2.13. The maximum absolute atomic E-state index is 6.18. The number of ether oxygens (including phenoxy) is 1. The van der Waals surface area contributed by atoms with Gasteiger partial charge in [0.25, 0.3) is 0 Å². The Kier molecular flexibility index (Phi) is 4.11. The summed E-state index contributed by atoms with van der Waals surface area (Å²) in [6.45, 7) is 7.82. The van der Waals surface area contributed by atoms with Crippen LogP contribution in [-0.4, -0.2) is 43.3 Å². The highest BCUT2D eigenvalue weighted by Crippen LogP contribution is 2.42. The molecule has 0 aromatic heterocycles. The number of likely N-dealkylation sites (tertiary alicyclic amines) is 1. The van der Waals surface area contributed by atoms with Crippen LogP contribution in [0, 0.1) is 11.8 Å². The number of nitrogens with two attached hydrogens (primary N) is 1. The van der Waals surface area contributed by atoms with E-state index in [1.54, 1.807) is 0 Å². The highest BCUT2D eigenvalue weighted by molar-refractivity contribution is 5.02. The number of rotatable bonds is 3. The average Bonchev–Trinajstić information content (AvgIpc) is 2.82. The molecule has 2 aliphatic rings. The lowest BCUT2D eigenvalue weighted by Crippen LogP contribution is -2.60. The van der Waals surface area contributed by atoms with E-state index >= 15 is 0 Å². The van der Waals surface area contributed by atoms with Crippen molar-refractivity contribution < 1.29 is 4.74 Å². The minimum atomic E-state index is 0.241. The molecule has 0 amide bonds. The zero-order valence-electron chi connectivity index (χ0n) is 11.6. The van der Waals surface area contributed by atoms with Crippen LogP contribution in [0.3, 0.4) is 0 Å². The van der Waals surface area contributed by atoms with Gasteiger partial charge in [-0.25, -0.2) is 0 Å². The molecule has 4 atom stereocenters. The summed E-state index contributed by atoms with van der Waals surface area (Å²) in [4.78, 5) is 2.63. The highest BCUT2D eigenvalue weighted by Gasteiger charge is 2.46. The summed E-state index contributed by atoms with van der Waals surface area (Å²) in [6, 6.07) is 0. The van der Waals surface area contributed by atoms with Gasteiger partial charge in [-0.1, -0.05) is 26.7 Å². The van der Waals surface area contributed by atoms with Crippen molar-refractivity contribution in [1.29, 1.82) is 0 Å². The molecule has 2 fully saturated rings. The first kappa shape index (κ1) is 13.3. The second kappa shape index (κ2) is 5.25. The first-order valence-corrected chi connectivity index (χ1v) is 7.12. The SMILES string of the molecule is COC1CCN(C2(CN)CCCC(C)C2C)C1. The van der Waals surface area contributed by atoms with Gasteiger partial charge >= 0.3 is 0 Å². The van der Waals surface area contributed by atoms with Crippen molar-refractivity contribution in [2.45, 2.75) is 51.2 Å². The molecule has 0 aromatic rings. The third kappa shape index (κ3) is 2.25. The maximum atomic E-state index is 6.18. The van der Waals surface area contributed by atoms with Crippen LogP contribution in [0.25, 0.3) is 0 Å². The average molecular weight is 240 g/mol. The molecule has 1 heterocycles. The molecule has 17 heavy (non-hydrogen) atoms. The van der Waals surface area contributed by atoms with Gasteiger partial charge < -0.3 is 10.5 Å². The van der Waals surface area contributed by atoms with Crippen molar-refractivity contribution in [2.24, 2.45) is 17.6 Å². The van der Waals surface area contributed by atoms with Crippen LogP contribution in [0.4, 0.5) is 0 Å². The minimum Gasteiger partial charge on any atom is -0.380 e. The molecule has 1 aliphatic heterocycles. The molecule has 0 aromatic carbocycles. The lowest BCUT2D eigenvalue weighted by atomic mass is 9.67. The van der Waals surface area contributed by atoms with Gasteiger partial charge in [0.15, 0.2) is 0 Å². The third-order valence-electron chi connectivity index (χ3n) is 5.43. The maximum Gasteiger partial charge on any atom is 0.0710 e. The summed E-state index contributed by atoms with van der Waals surface area (Å²) in [5, 5.41) is 0. The van der Waals surface area contributed by atoms with Gasteiger partial charge in [0.05, 0.1) is 6.10 Å². The molecule has 2 N–H and O–H groups in total. The smallest absolute Gasteiger partial charge is 0.0710 e. The van der Waals surface area contributed by atoms with Crippen LogP contribution in [0.2, 0.25) is 0 Å². The van der Waals surface area contributed by atoms with E-state index in [9.17, 15) is 0 Å². The van der Waals surface area contributed by atoms with E-state index in [1.165, 1.54) is 25.7 Å². The van der Waals surface area contributed by atoms with Crippen LogP contribution < -0.4 is 5.73 Å². The van der Waals surface area contributed by atoms with Crippen LogP contribution in [-0.2, 0) is 4.74 Å². The lowest BCUT2D eigenvalue weighted by Gasteiger charge is -2.51. The molecule has 2 rings (SSSR count). The van der Waals surface area contributed by atoms with Crippen molar-refractivity contribution in [1.82, 2.24) is 4.90 Å². The van der Waals surface area contributed by atoms with Crippen LogP contribution >= 0.6 is 0 Å². The molecule has 100 valence electrons. The summed E-state index contributed by atoms with van der Waals surface area (Å²) in [7, 11) is 1.83. The van der Waals surface area contributed by atoms with Crippen LogP contribution in [0.5, 0.6) is 0 Å². The Morgan fingerprint density at radius 3 is 2.71 bits per heavy atom. The normalized spacial score (nSPS) is 44.1. The Morgan fingerprint density at radius 2 is 2.12 bits per heavy atom. The molecule has 4 unspecified atom stereocenters. The molecule has 0 radical (unpaired) electrons. The molecule has 0 spiro atoms. The predicted molar refractivity (Wildman–Crippen MR) is 71.0 cm³/mol. The van der Waals surface area contributed by atoms with Gasteiger partial charge in [0, 0.05) is 32.3 Å². The second-order valence-corrected chi connectivity index (χ2v) is 6.06. The van der Waals surface area contributed by atoms with Crippen molar-refractivity contribution in [3.63, 3.8) is 0 Å². The van der Waals surface area contributed by atoms with E-state index in [0.29, 0.717) is 12.0 Å². The quantitative estimate of drug-likeness (QED) is 0.818. The zero-order chi connectivity index (χ0) is 12.5. The van der Waals surface area contributed by atoms with Crippen molar-refractivity contribution in [2.75, 3.05) is 26.7 Å². The number of hydrogen-bond acceptors (Lipinski definition) is 3. The van der Waals surface area contributed by atoms with Gasteiger partial charge in [-0.05, 0) is 24.7 Å². The fraction of sp³-hybridized carbons (Fsp3) is 1.00. The standard InChI is InChI=1S/C14H28N2O/c1-11-5-4-7-14(10-15,12(11)2)16-8-6-13(9-16)17-3/h11-13H,4-10,15H2,1-3H3. The number of methoxy groups -OCH3 is 1. The van der Waals surface area contributed by atoms with Crippen molar-refractivity contribution in [3.05, 3.63) is 0 Å². The van der Waals surface area contributed by atoms with Crippen molar-refractivity contribution >= 4 is 0 Å². The monoisotopic (exact) mass is 240 g/mol. The second-order valence-electron chi connectivity index (χ2n) is 6.06. The molecule has 3 heteroatoms. The lowest BCUT2D eigenvalue weighted by molar-refractivity contribution is -0.00633. The molecule has 1 saturated heterocycles. The Hall–Kier alpha value is -0.120. The van der Waals surface area contributed by atoms with Gasteiger partial charge in [-0.2, -0.15) is 0 Å². The molecule has 1 saturated carbocycles. The molecular formula is C14H28N2O. The minimum absolute atomic E-state index is 0.241. The topological polar surface area (TPSA) is 38.5 Å². The summed E-state index contributed by atoms with van der Waals surface area (Å²) in [5.74, 6) is 1.51. The van der Waals surface area contributed by atoms with Gasteiger partial charge in [-0.3, -0.25) is 4.90 Å². The van der Waals surface area contributed by atoms with E-state index in [0.717, 1.165) is 25.6 Å². The first-order valence-electron chi connectivity index (χ1n) is 7.12. The number of hydrogen-bond donors (Lipinski definition) is 1. The third-order valence-corrected chi connectivity index (χ3v) is 5.43. The summed E-state index contributed by atoms with van der Waals surface area (Å²) in [5.41, 5.74) is 6.42. The van der Waals surface area contributed by atoms with Gasteiger partial charge in [-0.15, -0.1) is 0 Å². The molecular weight excluding hydrogens is 212 g/mol. The molecule has 0 bridgehead atoms.